The van der Waals surface area contributed by atoms with Crippen molar-refractivity contribution in [2.75, 3.05) is 13.2 Å². The van der Waals surface area contributed by atoms with E-state index in [1.807, 2.05) is 12.4 Å². The predicted octanol–water partition coefficient (Wildman–Crippen LogP) is 2.87. The van der Waals surface area contributed by atoms with E-state index in [0.29, 0.717) is 17.6 Å². The van der Waals surface area contributed by atoms with E-state index < -0.39 is 0 Å². The first kappa shape index (κ1) is 13.7. The minimum absolute atomic E-state index is 0.481. The number of nitrogens with zero attached hydrogens (tertiary/aromatic N) is 1. The Kier molecular flexibility index (Phi) is 3.50. The molecule has 2 heterocycles. The lowest BCUT2D eigenvalue weighted by Gasteiger charge is -2.57. The second kappa shape index (κ2) is 5.36. The van der Waals surface area contributed by atoms with Gasteiger partial charge in [0.1, 0.15) is 0 Å². The molecule has 2 aliphatic carbocycles. The average Bonchev–Trinajstić information content (AvgIpc) is 3.13. The molecule has 3 heteroatoms. The molecule has 2 saturated carbocycles. The lowest BCUT2D eigenvalue weighted by atomic mass is 9.54. The van der Waals surface area contributed by atoms with Gasteiger partial charge in [-0.2, -0.15) is 0 Å². The molecule has 0 unspecified atom stereocenters. The van der Waals surface area contributed by atoms with Gasteiger partial charge in [-0.1, -0.05) is 12.8 Å². The van der Waals surface area contributed by atoms with E-state index in [9.17, 15) is 0 Å². The fourth-order valence-corrected chi connectivity index (χ4v) is 5.15. The van der Waals surface area contributed by atoms with Crippen LogP contribution in [0, 0.1) is 18.3 Å². The van der Waals surface area contributed by atoms with Crippen molar-refractivity contribution in [3.8, 4) is 0 Å². The topological polar surface area (TPSA) is 34.2 Å². The molecule has 3 nitrogen and oxygen atoms in total. The quantitative estimate of drug-likeness (QED) is 0.924. The number of pyridine rings is 1. The molecule has 0 aromatic carbocycles. The Morgan fingerprint density at radius 2 is 2.24 bits per heavy atom. The Hall–Kier alpha value is -0.930. The third kappa shape index (κ3) is 2.13. The summed E-state index contributed by atoms with van der Waals surface area (Å²) in [6.07, 6.45) is 12.4. The molecule has 3 fully saturated rings. The highest BCUT2D eigenvalue weighted by Gasteiger charge is 2.64. The maximum absolute atomic E-state index is 6.06. The molecular formula is C18H26N2O. The van der Waals surface area contributed by atoms with Crippen LogP contribution >= 0.6 is 0 Å². The normalized spacial score (nSPS) is 33.1. The summed E-state index contributed by atoms with van der Waals surface area (Å²) >= 11 is 0. The molecule has 1 aliphatic heterocycles. The van der Waals surface area contributed by atoms with E-state index in [0.717, 1.165) is 25.5 Å². The largest absolute Gasteiger partial charge is 0.377 e. The van der Waals surface area contributed by atoms with E-state index in [1.165, 1.54) is 43.2 Å². The predicted molar refractivity (Wildman–Crippen MR) is 83.2 cm³/mol. The Balaban J connectivity index is 1.39. The summed E-state index contributed by atoms with van der Waals surface area (Å²) in [6, 6.07) is 2.86. The number of hydrogen-bond donors (Lipinski definition) is 1. The molecule has 114 valence electrons. The maximum Gasteiger partial charge on any atom is 0.0690 e. The van der Waals surface area contributed by atoms with Crippen molar-refractivity contribution in [3.05, 3.63) is 29.6 Å². The molecule has 1 saturated heterocycles. The second-order valence-corrected chi connectivity index (χ2v) is 7.17. The molecule has 0 amide bonds. The first-order valence-electron chi connectivity index (χ1n) is 8.56. The van der Waals surface area contributed by atoms with Crippen molar-refractivity contribution in [1.82, 2.24) is 10.3 Å². The maximum atomic E-state index is 6.06. The highest BCUT2D eigenvalue weighted by atomic mass is 16.5. The molecule has 0 radical (unpaired) electrons. The van der Waals surface area contributed by atoms with Crippen LogP contribution in [0.15, 0.2) is 18.5 Å². The fraction of sp³-hybridized carbons (Fsp3) is 0.722. The van der Waals surface area contributed by atoms with Gasteiger partial charge in [0.15, 0.2) is 0 Å². The number of aromatic nitrogens is 1. The average molecular weight is 286 g/mol. The standard InChI is InChI=1S/C18H26N2O/c1-13-12-19-9-4-14(13)5-10-20-16-15-6-11-21-17(15)18(16)7-2-3-8-18/h4,9,12,15-17,20H,2-3,5-8,10-11H2,1H3/t15-,16-,17-/m1/s1. The summed E-state index contributed by atoms with van der Waals surface area (Å²) in [7, 11) is 0. The summed E-state index contributed by atoms with van der Waals surface area (Å²) < 4.78 is 6.06. The van der Waals surface area contributed by atoms with Crippen LogP contribution in [-0.2, 0) is 11.2 Å². The highest BCUT2D eigenvalue weighted by Crippen LogP contribution is 2.60. The number of hydrogen-bond acceptors (Lipinski definition) is 3. The third-order valence-corrected chi connectivity index (χ3v) is 6.18. The SMILES string of the molecule is Cc1cnccc1CCN[C@@H]1[C@H]2CCO[C@H]2C12CCCC2. The Labute approximate surface area is 127 Å². The van der Waals surface area contributed by atoms with E-state index in [1.54, 1.807) is 0 Å². The zero-order chi connectivity index (χ0) is 14.3. The number of aryl methyl sites for hydroxylation is 1. The smallest absolute Gasteiger partial charge is 0.0690 e. The molecule has 3 atom stereocenters. The van der Waals surface area contributed by atoms with Crippen LogP contribution in [-0.4, -0.2) is 30.3 Å². The number of ether oxygens (including phenoxy) is 1. The summed E-state index contributed by atoms with van der Waals surface area (Å²) in [6.45, 7) is 4.23. The summed E-state index contributed by atoms with van der Waals surface area (Å²) in [4.78, 5) is 4.18. The van der Waals surface area contributed by atoms with Gasteiger partial charge in [-0.15, -0.1) is 0 Å². The van der Waals surface area contributed by atoms with Crippen LogP contribution in [0.4, 0.5) is 0 Å². The van der Waals surface area contributed by atoms with Crippen LogP contribution < -0.4 is 5.32 Å². The molecule has 0 bridgehead atoms. The van der Waals surface area contributed by atoms with Crippen molar-refractivity contribution >= 4 is 0 Å². The van der Waals surface area contributed by atoms with Crippen molar-refractivity contribution < 1.29 is 4.74 Å². The number of nitrogens with one attached hydrogen (secondary N) is 1. The van der Waals surface area contributed by atoms with Gasteiger partial charge < -0.3 is 10.1 Å². The van der Waals surface area contributed by atoms with Crippen molar-refractivity contribution in [3.63, 3.8) is 0 Å². The highest BCUT2D eigenvalue weighted by molar-refractivity contribution is 5.22. The molecular weight excluding hydrogens is 260 g/mol. The van der Waals surface area contributed by atoms with Crippen LogP contribution in [0.1, 0.15) is 43.2 Å². The van der Waals surface area contributed by atoms with Gasteiger partial charge in [0.05, 0.1) is 6.10 Å². The monoisotopic (exact) mass is 286 g/mol. The van der Waals surface area contributed by atoms with Gasteiger partial charge >= 0.3 is 0 Å². The third-order valence-electron chi connectivity index (χ3n) is 6.18. The summed E-state index contributed by atoms with van der Waals surface area (Å²) in [5.41, 5.74) is 3.22. The first-order chi connectivity index (χ1) is 10.3. The van der Waals surface area contributed by atoms with Crippen molar-refractivity contribution in [2.24, 2.45) is 11.3 Å². The van der Waals surface area contributed by atoms with Gasteiger partial charge in [0, 0.05) is 36.4 Å². The Morgan fingerprint density at radius 3 is 3.05 bits per heavy atom. The van der Waals surface area contributed by atoms with E-state index in [-0.39, 0.29) is 0 Å². The second-order valence-electron chi connectivity index (χ2n) is 7.17. The first-order valence-corrected chi connectivity index (χ1v) is 8.56. The van der Waals surface area contributed by atoms with Gasteiger partial charge in [-0.05, 0) is 56.3 Å². The minimum atomic E-state index is 0.481. The minimum Gasteiger partial charge on any atom is -0.377 e. The molecule has 1 spiro atoms. The van der Waals surface area contributed by atoms with Crippen LogP contribution in [0.5, 0.6) is 0 Å². The summed E-state index contributed by atoms with van der Waals surface area (Å²) in [5, 5.41) is 3.90. The van der Waals surface area contributed by atoms with Crippen molar-refractivity contribution in [1.29, 1.82) is 0 Å². The zero-order valence-electron chi connectivity index (χ0n) is 13.0. The van der Waals surface area contributed by atoms with Crippen LogP contribution in [0.25, 0.3) is 0 Å². The van der Waals surface area contributed by atoms with E-state index in [2.05, 4.69) is 23.3 Å². The molecule has 21 heavy (non-hydrogen) atoms. The van der Waals surface area contributed by atoms with Crippen LogP contribution in [0.2, 0.25) is 0 Å². The molecule has 1 aromatic rings. The summed E-state index contributed by atoms with van der Waals surface area (Å²) in [5.74, 6) is 0.779. The molecule has 1 N–H and O–H groups in total. The molecule has 3 aliphatic rings. The van der Waals surface area contributed by atoms with E-state index in [4.69, 9.17) is 4.74 Å². The van der Waals surface area contributed by atoms with Gasteiger partial charge in [-0.3, -0.25) is 4.98 Å². The molecule has 4 rings (SSSR count). The lowest BCUT2D eigenvalue weighted by molar-refractivity contribution is -0.130. The number of rotatable bonds is 4. The van der Waals surface area contributed by atoms with Gasteiger partial charge in [0.2, 0.25) is 0 Å². The van der Waals surface area contributed by atoms with Crippen molar-refractivity contribution in [2.45, 2.75) is 57.6 Å². The fourth-order valence-electron chi connectivity index (χ4n) is 5.15. The number of fused-ring (bicyclic) bond motifs is 2. The van der Waals surface area contributed by atoms with Gasteiger partial charge in [-0.25, -0.2) is 0 Å². The molecule has 1 aromatic heterocycles. The van der Waals surface area contributed by atoms with Gasteiger partial charge in [0.25, 0.3) is 0 Å². The van der Waals surface area contributed by atoms with E-state index >= 15 is 0 Å². The zero-order valence-corrected chi connectivity index (χ0v) is 13.0. The lowest BCUT2D eigenvalue weighted by Crippen LogP contribution is -2.67. The Morgan fingerprint density at radius 1 is 1.38 bits per heavy atom. The van der Waals surface area contributed by atoms with Crippen LogP contribution in [0.3, 0.4) is 0 Å². The Bertz CT molecular complexity index is 510.